The van der Waals surface area contributed by atoms with Crippen molar-refractivity contribution in [2.75, 3.05) is 7.05 Å². The van der Waals surface area contributed by atoms with Crippen molar-refractivity contribution < 1.29 is 0 Å². The van der Waals surface area contributed by atoms with Crippen LogP contribution in [0.5, 0.6) is 0 Å². The molecule has 1 saturated carbocycles. The van der Waals surface area contributed by atoms with Crippen molar-refractivity contribution in [1.82, 2.24) is 15.3 Å². The number of hydrogen-bond acceptors (Lipinski definition) is 2. The fourth-order valence-electron chi connectivity index (χ4n) is 2.24. The number of nitrogens with one attached hydrogen (secondary N) is 2. The number of nitrogens with zero attached hydrogens (tertiary/aromatic N) is 1. The first-order valence-electron chi connectivity index (χ1n) is 5.20. The second kappa shape index (κ2) is 4.45. The summed E-state index contributed by atoms with van der Waals surface area (Å²) in [6, 6.07) is 0. The van der Waals surface area contributed by atoms with Crippen LogP contribution in [-0.2, 0) is 6.54 Å². The van der Waals surface area contributed by atoms with Gasteiger partial charge in [0.15, 0.2) is 4.73 Å². The highest BCUT2D eigenvalue weighted by atomic mass is 79.9. The predicted molar refractivity (Wildman–Crippen MR) is 60.3 cm³/mol. The van der Waals surface area contributed by atoms with E-state index in [1.807, 2.05) is 7.05 Å². The highest BCUT2D eigenvalue weighted by molar-refractivity contribution is 9.10. The van der Waals surface area contributed by atoms with E-state index >= 15 is 0 Å². The van der Waals surface area contributed by atoms with Gasteiger partial charge < -0.3 is 10.3 Å². The molecule has 2 N–H and O–H groups in total. The minimum atomic E-state index is 0.681. The summed E-state index contributed by atoms with van der Waals surface area (Å²) in [5.74, 6) is 0.681. The van der Waals surface area contributed by atoms with Gasteiger partial charge in [-0.25, -0.2) is 4.98 Å². The standard InChI is InChI=1S/C10H16BrN3/c1-12-6-8-9(14-10(11)13-8)7-4-2-3-5-7/h7,12H,2-6H2,1H3,(H,13,14). The van der Waals surface area contributed by atoms with Crippen LogP contribution >= 0.6 is 15.9 Å². The maximum absolute atomic E-state index is 4.53. The molecule has 0 amide bonds. The summed E-state index contributed by atoms with van der Waals surface area (Å²) in [6.07, 6.45) is 5.31. The SMILES string of the molecule is CNCc1[nH]c(Br)nc1C1CCCC1. The van der Waals surface area contributed by atoms with Crippen molar-refractivity contribution in [3.8, 4) is 0 Å². The van der Waals surface area contributed by atoms with Gasteiger partial charge in [-0.3, -0.25) is 0 Å². The zero-order valence-electron chi connectivity index (χ0n) is 8.44. The first-order valence-corrected chi connectivity index (χ1v) is 5.99. The van der Waals surface area contributed by atoms with Crippen LogP contribution in [0, 0.1) is 0 Å². The zero-order valence-corrected chi connectivity index (χ0v) is 10.0. The smallest absolute Gasteiger partial charge is 0.174 e. The highest BCUT2D eigenvalue weighted by Crippen LogP contribution is 2.35. The Balaban J connectivity index is 2.21. The van der Waals surface area contributed by atoms with Crippen LogP contribution in [-0.4, -0.2) is 17.0 Å². The second-order valence-corrected chi connectivity index (χ2v) is 4.65. The number of aromatic nitrogens is 2. The molecule has 14 heavy (non-hydrogen) atoms. The highest BCUT2D eigenvalue weighted by Gasteiger charge is 2.22. The fourth-order valence-corrected chi connectivity index (χ4v) is 2.67. The molecule has 0 atom stereocenters. The second-order valence-electron chi connectivity index (χ2n) is 3.90. The van der Waals surface area contributed by atoms with Gasteiger partial charge in [-0.2, -0.15) is 0 Å². The van der Waals surface area contributed by atoms with E-state index in [4.69, 9.17) is 0 Å². The molecule has 2 rings (SSSR count). The summed E-state index contributed by atoms with van der Waals surface area (Å²) in [6.45, 7) is 0.879. The Morgan fingerprint density at radius 3 is 2.86 bits per heavy atom. The summed E-state index contributed by atoms with van der Waals surface area (Å²) < 4.78 is 0.865. The molecular formula is C10H16BrN3. The van der Waals surface area contributed by atoms with E-state index in [-0.39, 0.29) is 0 Å². The van der Waals surface area contributed by atoms with E-state index in [1.54, 1.807) is 0 Å². The minimum absolute atomic E-state index is 0.681. The average molecular weight is 258 g/mol. The molecule has 0 radical (unpaired) electrons. The van der Waals surface area contributed by atoms with Crippen molar-refractivity contribution in [2.45, 2.75) is 38.1 Å². The number of imidazole rings is 1. The number of aromatic amines is 1. The molecule has 1 aliphatic rings. The first kappa shape index (κ1) is 10.2. The zero-order chi connectivity index (χ0) is 9.97. The molecule has 1 aromatic rings. The van der Waals surface area contributed by atoms with E-state index < -0.39 is 0 Å². The van der Waals surface area contributed by atoms with Crippen molar-refractivity contribution in [2.24, 2.45) is 0 Å². The third-order valence-electron chi connectivity index (χ3n) is 2.88. The third kappa shape index (κ3) is 2.01. The lowest BCUT2D eigenvalue weighted by molar-refractivity contribution is 0.677. The van der Waals surface area contributed by atoms with Crippen molar-refractivity contribution in [3.63, 3.8) is 0 Å². The third-order valence-corrected chi connectivity index (χ3v) is 3.25. The Bertz CT molecular complexity index is 302. The molecule has 0 spiro atoms. The van der Waals surface area contributed by atoms with E-state index in [2.05, 4.69) is 31.2 Å². The molecule has 0 aliphatic heterocycles. The molecule has 1 aromatic heterocycles. The molecular weight excluding hydrogens is 242 g/mol. The summed E-state index contributed by atoms with van der Waals surface area (Å²) >= 11 is 3.41. The molecule has 0 aromatic carbocycles. The molecule has 0 saturated heterocycles. The van der Waals surface area contributed by atoms with Crippen LogP contribution in [0.1, 0.15) is 43.0 Å². The summed E-state index contributed by atoms with van der Waals surface area (Å²) in [4.78, 5) is 7.80. The number of halogens is 1. The van der Waals surface area contributed by atoms with Crippen LogP contribution in [0.4, 0.5) is 0 Å². The lowest BCUT2D eigenvalue weighted by Crippen LogP contribution is -2.09. The van der Waals surface area contributed by atoms with E-state index in [9.17, 15) is 0 Å². The summed E-state index contributed by atoms with van der Waals surface area (Å²) in [5.41, 5.74) is 2.51. The molecule has 0 unspecified atom stereocenters. The molecule has 0 bridgehead atoms. The van der Waals surface area contributed by atoms with Crippen LogP contribution < -0.4 is 5.32 Å². The average Bonchev–Trinajstić information content (AvgIpc) is 2.74. The quantitative estimate of drug-likeness (QED) is 0.874. The Labute approximate surface area is 92.8 Å². The van der Waals surface area contributed by atoms with Crippen molar-refractivity contribution in [3.05, 3.63) is 16.1 Å². The molecule has 1 fully saturated rings. The maximum atomic E-state index is 4.53. The van der Waals surface area contributed by atoms with Gasteiger partial charge in [0.05, 0.1) is 11.4 Å². The largest absolute Gasteiger partial charge is 0.335 e. The lowest BCUT2D eigenvalue weighted by Gasteiger charge is -2.07. The van der Waals surface area contributed by atoms with Gasteiger partial charge in [-0.05, 0) is 35.8 Å². The molecule has 3 nitrogen and oxygen atoms in total. The Morgan fingerprint density at radius 1 is 1.50 bits per heavy atom. The number of rotatable bonds is 3. The summed E-state index contributed by atoms with van der Waals surface area (Å²) in [7, 11) is 1.97. The van der Waals surface area contributed by atoms with Gasteiger partial charge in [0, 0.05) is 12.5 Å². The monoisotopic (exact) mass is 257 g/mol. The van der Waals surface area contributed by atoms with Crippen LogP contribution in [0.15, 0.2) is 4.73 Å². The van der Waals surface area contributed by atoms with Crippen LogP contribution in [0.2, 0.25) is 0 Å². The summed E-state index contributed by atoms with van der Waals surface area (Å²) in [5, 5.41) is 3.17. The number of H-pyrrole nitrogens is 1. The first-order chi connectivity index (χ1) is 6.81. The molecule has 1 heterocycles. The van der Waals surface area contributed by atoms with Gasteiger partial charge in [-0.1, -0.05) is 12.8 Å². The van der Waals surface area contributed by atoms with Gasteiger partial charge in [0.25, 0.3) is 0 Å². The Morgan fingerprint density at radius 2 is 2.21 bits per heavy atom. The van der Waals surface area contributed by atoms with E-state index in [0.29, 0.717) is 5.92 Å². The minimum Gasteiger partial charge on any atom is -0.335 e. The van der Waals surface area contributed by atoms with E-state index in [0.717, 1.165) is 11.3 Å². The molecule has 78 valence electrons. The van der Waals surface area contributed by atoms with Gasteiger partial charge in [0.1, 0.15) is 0 Å². The fraction of sp³-hybridized carbons (Fsp3) is 0.700. The van der Waals surface area contributed by atoms with E-state index in [1.165, 1.54) is 37.1 Å². The van der Waals surface area contributed by atoms with Gasteiger partial charge in [-0.15, -0.1) is 0 Å². The topological polar surface area (TPSA) is 40.7 Å². The van der Waals surface area contributed by atoms with Gasteiger partial charge >= 0.3 is 0 Å². The predicted octanol–water partition coefficient (Wildman–Crippen LogP) is 2.55. The lowest BCUT2D eigenvalue weighted by atomic mass is 10.0. The maximum Gasteiger partial charge on any atom is 0.174 e. The Kier molecular flexibility index (Phi) is 3.23. The molecule has 4 heteroatoms. The number of hydrogen-bond donors (Lipinski definition) is 2. The van der Waals surface area contributed by atoms with Crippen LogP contribution in [0.3, 0.4) is 0 Å². The normalized spacial score (nSPS) is 17.9. The Hall–Kier alpha value is -0.350. The van der Waals surface area contributed by atoms with Crippen molar-refractivity contribution in [1.29, 1.82) is 0 Å². The van der Waals surface area contributed by atoms with Crippen molar-refractivity contribution >= 4 is 15.9 Å². The van der Waals surface area contributed by atoms with Gasteiger partial charge in [0.2, 0.25) is 0 Å². The van der Waals surface area contributed by atoms with Crippen LogP contribution in [0.25, 0.3) is 0 Å². The molecule has 1 aliphatic carbocycles.